The van der Waals surface area contributed by atoms with E-state index in [0.29, 0.717) is 25.9 Å². The van der Waals surface area contributed by atoms with Gasteiger partial charge in [0.1, 0.15) is 0 Å². The third-order valence-electron chi connectivity index (χ3n) is 4.82. The first-order valence-electron chi connectivity index (χ1n) is 10.6. The fraction of sp³-hybridized carbons (Fsp3) is 0.714. The number of unbranched alkanes of at least 4 members (excludes halogenated alkanes) is 1. The molecule has 1 saturated heterocycles. The molecule has 0 radical (unpaired) electrons. The van der Waals surface area contributed by atoms with Crippen molar-refractivity contribution in [2.45, 2.75) is 45.2 Å². The predicted molar refractivity (Wildman–Crippen MR) is 114 cm³/mol. The number of likely N-dealkylation sites (tertiary alicyclic amines) is 1. The van der Waals surface area contributed by atoms with Crippen LogP contribution in [0, 0.1) is 0 Å². The first-order valence-corrected chi connectivity index (χ1v) is 10.6. The molecule has 0 unspecified atom stereocenters. The average Bonchev–Trinajstić information content (AvgIpc) is 2.73. The van der Waals surface area contributed by atoms with Gasteiger partial charge in [-0.15, -0.1) is 0 Å². The summed E-state index contributed by atoms with van der Waals surface area (Å²) in [5.41, 5.74) is 1.14. The molecule has 7 heteroatoms. The molecule has 28 heavy (non-hydrogen) atoms. The van der Waals surface area contributed by atoms with Crippen LogP contribution in [0.5, 0.6) is 0 Å². The Balaban J connectivity index is 1.52. The lowest BCUT2D eigenvalue weighted by Crippen LogP contribution is -2.49. The van der Waals surface area contributed by atoms with Gasteiger partial charge in [0.2, 0.25) is 0 Å². The van der Waals surface area contributed by atoms with E-state index in [1.807, 2.05) is 19.3 Å². The highest BCUT2D eigenvalue weighted by molar-refractivity contribution is 5.79. The van der Waals surface area contributed by atoms with E-state index in [1.165, 1.54) is 6.42 Å². The Morgan fingerprint density at radius 3 is 2.64 bits per heavy atom. The van der Waals surface area contributed by atoms with Crippen LogP contribution in [0.2, 0.25) is 0 Å². The number of guanidine groups is 1. The zero-order valence-corrected chi connectivity index (χ0v) is 17.5. The molecule has 7 nitrogen and oxygen atoms in total. The topological polar surface area (TPSA) is 71.0 Å². The lowest BCUT2D eigenvalue weighted by Gasteiger charge is -2.32. The van der Waals surface area contributed by atoms with Gasteiger partial charge in [-0.05, 0) is 31.4 Å². The van der Waals surface area contributed by atoms with E-state index in [9.17, 15) is 0 Å². The Labute approximate surface area is 169 Å². The van der Waals surface area contributed by atoms with Crippen LogP contribution in [0.4, 0.5) is 0 Å². The molecule has 2 heterocycles. The highest BCUT2D eigenvalue weighted by atomic mass is 16.5. The summed E-state index contributed by atoms with van der Waals surface area (Å²) in [7, 11) is 1.81. The fourth-order valence-corrected chi connectivity index (χ4v) is 3.15. The lowest BCUT2D eigenvalue weighted by molar-refractivity contribution is 0.0487. The van der Waals surface area contributed by atoms with E-state index in [4.69, 9.17) is 9.47 Å². The van der Waals surface area contributed by atoms with Gasteiger partial charge in [0.05, 0.1) is 25.5 Å². The van der Waals surface area contributed by atoms with Crippen molar-refractivity contribution in [1.29, 1.82) is 0 Å². The minimum atomic E-state index is 0.457. The molecule has 0 amide bonds. The maximum absolute atomic E-state index is 5.59. The molecule has 1 aliphatic heterocycles. The first kappa shape index (κ1) is 22.6. The molecule has 158 valence electrons. The van der Waals surface area contributed by atoms with Crippen LogP contribution in [0.25, 0.3) is 0 Å². The zero-order chi connectivity index (χ0) is 19.9. The summed E-state index contributed by atoms with van der Waals surface area (Å²) in [6, 6.07) is 6.56. The van der Waals surface area contributed by atoms with Crippen molar-refractivity contribution < 1.29 is 9.47 Å². The lowest BCUT2D eigenvalue weighted by atomic mass is 10.1. The SMILES string of the molecule is CCCCOCCOCCNC(=NC)NC1CCN(Cc2ccccn2)CC1. The van der Waals surface area contributed by atoms with Gasteiger partial charge in [0.25, 0.3) is 0 Å². The summed E-state index contributed by atoms with van der Waals surface area (Å²) in [4.78, 5) is 11.2. The van der Waals surface area contributed by atoms with E-state index < -0.39 is 0 Å². The summed E-state index contributed by atoms with van der Waals surface area (Å²) < 4.78 is 11.1. The van der Waals surface area contributed by atoms with Gasteiger partial charge < -0.3 is 20.1 Å². The van der Waals surface area contributed by atoms with Crippen LogP contribution in [-0.2, 0) is 16.0 Å². The zero-order valence-electron chi connectivity index (χ0n) is 17.5. The largest absolute Gasteiger partial charge is 0.379 e. The van der Waals surface area contributed by atoms with Crippen molar-refractivity contribution in [3.63, 3.8) is 0 Å². The van der Waals surface area contributed by atoms with Crippen molar-refractivity contribution in [2.24, 2.45) is 4.99 Å². The molecule has 0 atom stereocenters. The second kappa shape index (κ2) is 14.3. The predicted octanol–water partition coefficient (Wildman–Crippen LogP) is 2.04. The summed E-state index contributed by atoms with van der Waals surface area (Å²) >= 11 is 0. The third-order valence-corrected chi connectivity index (χ3v) is 4.82. The number of nitrogens with one attached hydrogen (secondary N) is 2. The Morgan fingerprint density at radius 1 is 1.18 bits per heavy atom. The Kier molecular flexibility index (Phi) is 11.6. The molecule has 0 aromatic carbocycles. The second-order valence-electron chi connectivity index (χ2n) is 7.09. The molecule has 0 saturated carbocycles. The number of piperidine rings is 1. The van der Waals surface area contributed by atoms with Crippen molar-refractivity contribution in [1.82, 2.24) is 20.5 Å². The van der Waals surface area contributed by atoms with Crippen molar-refractivity contribution in [2.75, 3.05) is 53.1 Å². The monoisotopic (exact) mass is 391 g/mol. The Bertz CT molecular complexity index is 533. The number of aromatic nitrogens is 1. The number of hydrogen-bond acceptors (Lipinski definition) is 5. The smallest absolute Gasteiger partial charge is 0.191 e. The highest BCUT2D eigenvalue weighted by Crippen LogP contribution is 2.12. The highest BCUT2D eigenvalue weighted by Gasteiger charge is 2.20. The van der Waals surface area contributed by atoms with E-state index in [-0.39, 0.29) is 0 Å². The number of hydrogen-bond donors (Lipinski definition) is 2. The van der Waals surface area contributed by atoms with Crippen LogP contribution in [0.3, 0.4) is 0 Å². The molecule has 1 aromatic heterocycles. The number of pyridine rings is 1. The average molecular weight is 392 g/mol. The van der Waals surface area contributed by atoms with Crippen LogP contribution in [0.1, 0.15) is 38.3 Å². The summed E-state index contributed by atoms with van der Waals surface area (Å²) in [6.45, 7) is 8.79. The van der Waals surface area contributed by atoms with Crippen LogP contribution in [-0.4, -0.2) is 75.0 Å². The minimum Gasteiger partial charge on any atom is -0.379 e. The van der Waals surface area contributed by atoms with Crippen molar-refractivity contribution in [3.8, 4) is 0 Å². The molecule has 2 rings (SSSR count). The number of ether oxygens (including phenoxy) is 2. The van der Waals surface area contributed by atoms with Crippen LogP contribution >= 0.6 is 0 Å². The molecule has 0 spiro atoms. The summed E-state index contributed by atoms with van der Waals surface area (Å²) in [5, 5.41) is 6.86. The van der Waals surface area contributed by atoms with Gasteiger partial charge >= 0.3 is 0 Å². The van der Waals surface area contributed by atoms with Crippen LogP contribution in [0.15, 0.2) is 29.4 Å². The second-order valence-corrected chi connectivity index (χ2v) is 7.09. The number of aliphatic imine (C=N–C) groups is 1. The van der Waals surface area contributed by atoms with Gasteiger partial charge in [-0.2, -0.15) is 0 Å². The molecular weight excluding hydrogens is 354 g/mol. The van der Waals surface area contributed by atoms with Crippen molar-refractivity contribution in [3.05, 3.63) is 30.1 Å². The Hall–Kier alpha value is -1.70. The van der Waals surface area contributed by atoms with Gasteiger partial charge in [0.15, 0.2) is 5.96 Å². The normalized spacial score (nSPS) is 16.3. The molecule has 0 bridgehead atoms. The molecule has 1 aliphatic rings. The third kappa shape index (κ3) is 9.48. The maximum atomic E-state index is 5.59. The van der Waals surface area contributed by atoms with Gasteiger partial charge in [0, 0.05) is 52.1 Å². The van der Waals surface area contributed by atoms with Crippen LogP contribution < -0.4 is 10.6 Å². The van der Waals surface area contributed by atoms with E-state index in [1.54, 1.807) is 0 Å². The molecule has 2 N–H and O–H groups in total. The van der Waals surface area contributed by atoms with Gasteiger partial charge in [-0.25, -0.2) is 0 Å². The number of rotatable bonds is 12. The standard InChI is InChI=1S/C21H37N5O2/c1-3-4-14-27-16-17-28-15-11-24-21(22-2)25-19-8-12-26(13-9-19)18-20-7-5-6-10-23-20/h5-7,10,19H,3-4,8-9,11-18H2,1-2H3,(H2,22,24,25). The fourth-order valence-electron chi connectivity index (χ4n) is 3.15. The number of nitrogens with zero attached hydrogens (tertiary/aromatic N) is 3. The van der Waals surface area contributed by atoms with E-state index in [0.717, 1.165) is 63.7 Å². The first-order chi connectivity index (χ1) is 13.8. The molecule has 1 aromatic rings. The minimum absolute atomic E-state index is 0.457. The maximum Gasteiger partial charge on any atom is 0.191 e. The summed E-state index contributed by atoms with van der Waals surface area (Å²) in [6.07, 6.45) is 6.37. The van der Waals surface area contributed by atoms with E-state index in [2.05, 4.69) is 44.6 Å². The van der Waals surface area contributed by atoms with Gasteiger partial charge in [-0.1, -0.05) is 19.4 Å². The summed E-state index contributed by atoms with van der Waals surface area (Å²) in [5.74, 6) is 0.853. The van der Waals surface area contributed by atoms with Gasteiger partial charge in [-0.3, -0.25) is 14.9 Å². The molecular formula is C21H37N5O2. The molecule has 0 aliphatic carbocycles. The van der Waals surface area contributed by atoms with Crippen molar-refractivity contribution >= 4 is 5.96 Å². The van der Waals surface area contributed by atoms with E-state index >= 15 is 0 Å². The molecule has 1 fully saturated rings. The quantitative estimate of drug-likeness (QED) is 0.323. The Morgan fingerprint density at radius 2 is 1.96 bits per heavy atom.